The maximum atomic E-state index is 13.7. The number of hydrogen-bond acceptors (Lipinski definition) is 8. The van der Waals surface area contributed by atoms with E-state index in [1.807, 2.05) is 12.1 Å². The molecule has 12 heteroatoms. The van der Waals surface area contributed by atoms with Crippen molar-refractivity contribution in [3.8, 4) is 11.5 Å². The van der Waals surface area contributed by atoms with Crippen molar-refractivity contribution in [3.05, 3.63) is 47.8 Å². The summed E-state index contributed by atoms with van der Waals surface area (Å²) in [7, 11) is -5.51. The summed E-state index contributed by atoms with van der Waals surface area (Å²) in [5, 5.41) is 0. The number of benzene rings is 1. The van der Waals surface area contributed by atoms with Crippen LogP contribution < -0.4 is 9.47 Å². The molecular formula is C31H44N4O6S2. The van der Waals surface area contributed by atoms with Gasteiger partial charge in [-0.2, -0.15) is 8.61 Å². The summed E-state index contributed by atoms with van der Waals surface area (Å²) in [6.07, 6.45) is 10.4. The molecule has 0 aliphatic carbocycles. The molecule has 0 radical (unpaired) electrons. The Labute approximate surface area is 256 Å². The van der Waals surface area contributed by atoms with Crippen molar-refractivity contribution in [1.82, 2.24) is 18.5 Å². The minimum Gasteiger partial charge on any atom is -0.497 e. The van der Waals surface area contributed by atoms with Crippen molar-refractivity contribution in [1.29, 1.82) is 0 Å². The second-order valence-corrected chi connectivity index (χ2v) is 16.6. The van der Waals surface area contributed by atoms with Gasteiger partial charge in [-0.1, -0.05) is 0 Å². The molecule has 6 rings (SSSR count). The first-order chi connectivity index (χ1) is 20.6. The normalized spacial score (nSPS) is 27.3. The number of sulfonamides is 2. The van der Waals surface area contributed by atoms with Crippen molar-refractivity contribution < 1.29 is 26.3 Å². The molecule has 0 amide bonds. The Morgan fingerprint density at radius 2 is 1.56 bits per heavy atom. The summed E-state index contributed by atoms with van der Waals surface area (Å²) >= 11 is 0. The Morgan fingerprint density at radius 1 is 0.907 bits per heavy atom. The fourth-order valence-corrected chi connectivity index (χ4v) is 11.6. The number of ether oxygens (including phenoxy) is 2. The van der Waals surface area contributed by atoms with Crippen molar-refractivity contribution in [3.63, 3.8) is 0 Å². The highest BCUT2D eigenvalue weighted by molar-refractivity contribution is 7.89. The van der Waals surface area contributed by atoms with Crippen LogP contribution in [0.15, 0.2) is 41.6 Å². The van der Waals surface area contributed by atoms with Gasteiger partial charge in [-0.15, -0.1) is 0 Å². The summed E-state index contributed by atoms with van der Waals surface area (Å²) < 4.78 is 68.7. The predicted molar refractivity (Wildman–Crippen MR) is 164 cm³/mol. The molecule has 5 heterocycles. The number of hydrogen-bond donors (Lipinski definition) is 0. The standard InChI is InChI=1S/C31H44N4O6S2/c1-22-16-29(40-3)17-23(2)31(22)43(38,39)34-14-4-6-24(34)7-5-15-42(36,37)33-20-27(21-33)35-25-8-9-26(35)19-30(18-25)41-28-10-12-32-13-11-28/h10-13,16-17,24-27,30H,4-9,14-15,18-21H2,1-3H3/t24-,25-,26-/m0/s1. The van der Waals surface area contributed by atoms with Gasteiger partial charge in [-0.05, 0) is 101 Å². The van der Waals surface area contributed by atoms with Crippen LogP contribution in [0.25, 0.3) is 0 Å². The number of piperidine rings is 1. The molecule has 3 atom stereocenters. The maximum absolute atomic E-state index is 13.7. The van der Waals surface area contributed by atoms with Crippen LogP contribution in [0.5, 0.6) is 11.5 Å². The number of aromatic nitrogens is 1. The Morgan fingerprint density at radius 3 is 2.19 bits per heavy atom. The van der Waals surface area contributed by atoms with Crippen LogP contribution in [-0.2, 0) is 20.0 Å². The summed E-state index contributed by atoms with van der Waals surface area (Å²) in [6, 6.07) is 8.26. The molecule has 1 aromatic carbocycles. The molecule has 0 spiro atoms. The topological polar surface area (TPSA) is 109 Å². The van der Waals surface area contributed by atoms with Crippen LogP contribution in [0, 0.1) is 13.8 Å². The molecule has 4 saturated heterocycles. The molecule has 236 valence electrons. The quantitative estimate of drug-likeness (QED) is 0.369. The zero-order valence-electron chi connectivity index (χ0n) is 25.4. The lowest BCUT2D eigenvalue weighted by molar-refractivity contribution is -0.0147. The molecule has 2 bridgehead atoms. The SMILES string of the molecule is COc1cc(C)c(S(=O)(=O)N2CCC[C@H]2CCCS(=O)(=O)N2CC(N3[C@H]4CC[C@H]3CC(Oc3ccncc3)C4)C2)c(C)c1. The van der Waals surface area contributed by atoms with Gasteiger partial charge in [0.25, 0.3) is 0 Å². The monoisotopic (exact) mass is 632 g/mol. The van der Waals surface area contributed by atoms with Crippen molar-refractivity contribution in [2.75, 3.05) is 32.5 Å². The Kier molecular flexibility index (Phi) is 8.78. The number of pyridine rings is 1. The molecule has 4 aliphatic heterocycles. The third kappa shape index (κ3) is 6.18. The van der Waals surface area contributed by atoms with Crippen LogP contribution in [0.2, 0.25) is 0 Å². The summed E-state index contributed by atoms with van der Waals surface area (Å²) in [5.41, 5.74) is 1.33. The van der Waals surface area contributed by atoms with E-state index in [1.165, 1.54) is 0 Å². The van der Waals surface area contributed by atoms with Gasteiger partial charge in [0, 0.05) is 56.2 Å². The van der Waals surface area contributed by atoms with Crippen LogP contribution in [0.4, 0.5) is 0 Å². The number of fused-ring (bicyclic) bond motifs is 2. The van der Waals surface area contributed by atoms with E-state index < -0.39 is 20.0 Å². The number of methoxy groups -OCH3 is 1. The first kappa shape index (κ1) is 30.8. The zero-order valence-corrected chi connectivity index (χ0v) is 27.0. The van der Waals surface area contributed by atoms with Crippen molar-refractivity contribution in [2.24, 2.45) is 0 Å². The molecule has 4 aliphatic rings. The van der Waals surface area contributed by atoms with Crippen LogP contribution >= 0.6 is 0 Å². The fourth-order valence-electron chi connectivity index (χ4n) is 7.89. The van der Waals surface area contributed by atoms with Gasteiger partial charge >= 0.3 is 0 Å². The lowest BCUT2D eigenvalue weighted by Crippen LogP contribution is -2.65. The van der Waals surface area contributed by atoms with E-state index in [9.17, 15) is 16.8 Å². The Hall–Kier alpha value is -2.25. The minimum atomic E-state index is -3.70. The molecule has 10 nitrogen and oxygen atoms in total. The number of nitrogens with zero attached hydrogens (tertiary/aromatic N) is 4. The van der Waals surface area contributed by atoms with Gasteiger partial charge in [0.05, 0.1) is 17.8 Å². The van der Waals surface area contributed by atoms with Crippen LogP contribution in [-0.4, -0.2) is 98.1 Å². The second kappa shape index (κ2) is 12.3. The van der Waals surface area contributed by atoms with Gasteiger partial charge < -0.3 is 9.47 Å². The molecule has 4 fully saturated rings. The average molecular weight is 633 g/mol. The fraction of sp³-hybridized carbons (Fsp3) is 0.645. The lowest BCUT2D eigenvalue weighted by Gasteiger charge is -2.50. The Bertz CT molecular complexity index is 1480. The van der Waals surface area contributed by atoms with Crippen LogP contribution in [0.3, 0.4) is 0 Å². The van der Waals surface area contributed by atoms with E-state index in [1.54, 1.807) is 54.1 Å². The van der Waals surface area contributed by atoms with E-state index in [2.05, 4.69) is 9.88 Å². The molecule has 1 aromatic heterocycles. The Balaban J connectivity index is 1.00. The first-order valence-electron chi connectivity index (χ1n) is 15.6. The van der Waals surface area contributed by atoms with E-state index >= 15 is 0 Å². The first-order valence-corrected chi connectivity index (χ1v) is 18.6. The van der Waals surface area contributed by atoms with Crippen molar-refractivity contribution >= 4 is 20.0 Å². The molecule has 0 saturated carbocycles. The van der Waals surface area contributed by atoms with Gasteiger partial charge in [-0.3, -0.25) is 9.88 Å². The van der Waals surface area contributed by atoms with Crippen LogP contribution in [0.1, 0.15) is 62.5 Å². The zero-order chi connectivity index (χ0) is 30.4. The van der Waals surface area contributed by atoms with E-state index in [0.717, 1.165) is 44.3 Å². The molecular weight excluding hydrogens is 588 g/mol. The van der Waals surface area contributed by atoms with Crippen molar-refractivity contribution in [2.45, 2.75) is 100 Å². The minimum absolute atomic E-state index is 0.0550. The molecule has 0 unspecified atom stereocenters. The second-order valence-electron chi connectivity index (χ2n) is 12.7. The molecule has 43 heavy (non-hydrogen) atoms. The van der Waals surface area contributed by atoms with Gasteiger partial charge in [0.1, 0.15) is 17.6 Å². The van der Waals surface area contributed by atoms with E-state index in [-0.39, 0.29) is 23.9 Å². The maximum Gasteiger partial charge on any atom is 0.243 e. The molecule has 0 N–H and O–H groups in total. The van der Waals surface area contributed by atoms with Gasteiger partial charge in [0.15, 0.2) is 0 Å². The predicted octanol–water partition coefficient (Wildman–Crippen LogP) is 3.73. The van der Waals surface area contributed by atoms with E-state index in [4.69, 9.17) is 9.47 Å². The smallest absolute Gasteiger partial charge is 0.243 e. The third-order valence-corrected chi connectivity index (χ3v) is 14.0. The third-order valence-electron chi connectivity index (χ3n) is 9.84. The van der Waals surface area contributed by atoms with Gasteiger partial charge in [-0.25, -0.2) is 16.8 Å². The summed E-state index contributed by atoms with van der Waals surface area (Å²) in [6.45, 7) is 5.15. The average Bonchev–Trinajstić information content (AvgIpc) is 3.50. The number of rotatable bonds is 11. The lowest BCUT2D eigenvalue weighted by atomic mass is 9.95. The highest BCUT2D eigenvalue weighted by atomic mass is 32.2. The number of aryl methyl sites for hydroxylation is 2. The summed E-state index contributed by atoms with van der Waals surface area (Å²) in [5.74, 6) is 1.55. The largest absolute Gasteiger partial charge is 0.497 e. The highest BCUT2D eigenvalue weighted by Gasteiger charge is 2.49. The molecule has 2 aromatic rings. The van der Waals surface area contributed by atoms with Gasteiger partial charge in [0.2, 0.25) is 20.0 Å². The summed E-state index contributed by atoms with van der Waals surface area (Å²) in [4.78, 5) is 6.97. The highest BCUT2D eigenvalue weighted by Crippen LogP contribution is 2.41. The van der Waals surface area contributed by atoms with E-state index in [0.29, 0.717) is 66.3 Å².